The Labute approximate surface area is 97.6 Å². The molecule has 0 saturated carbocycles. The van der Waals surface area contributed by atoms with Crippen LogP contribution in [0.25, 0.3) is 11.1 Å². The lowest BCUT2D eigenvalue weighted by molar-refractivity contribution is 0.0697. The molecule has 0 unspecified atom stereocenters. The lowest BCUT2D eigenvalue weighted by Crippen LogP contribution is -1.97. The molecule has 0 aliphatic heterocycles. The smallest absolute Gasteiger partial charge is 0.335 e. The van der Waals surface area contributed by atoms with Crippen LogP contribution in [0.15, 0.2) is 36.7 Å². The number of hydrogen-bond acceptors (Lipinski definition) is 2. The van der Waals surface area contributed by atoms with E-state index in [0.717, 1.165) is 11.8 Å². The Balaban J connectivity index is 2.58. The molecule has 17 heavy (non-hydrogen) atoms. The third-order valence-corrected chi connectivity index (χ3v) is 2.50. The molecular weight excluding hydrogens is 221 g/mol. The van der Waals surface area contributed by atoms with Crippen molar-refractivity contribution in [3.8, 4) is 11.1 Å². The van der Waals surface area contributed by atoms with Crippen molar-refractivity contribution in [2.75, 3.05) is 0 Å². The number of aromatic nitrogens is 1. The second-order valence-corrected chi connectivity index (χ2v) is 3.73. The average molecular weight is 231 g/mol. The fourth-order valence-corrected chi connectivity index (χ4v) is 1.63. The van der Waals surface area contributed by atoms with Crippen molar-refractivity contribution in [3.05, 3.63) is 53.6 Å². The summed E-state index contributed by atoms with van der Waals surface area (Å²) in [4.78, 5) is 14.6. The summed E-state index contributed by atoms with van der Waals surface area (Å²) >= 11 is 0. The number of carboxylic acids is 1. The number of halogens is 1. The summed E-state index contributed by atoms with van der Waals surface area (Å²) in [6, 6.07) is 6.08. The fraction of sp³-hybridized carbons (Fsp3) is 0.0769. The maximum atomic E-state index is 13.1. The maximum absolute atomic E-state index is 13.1. The van der Waals surface area contributed by atoms with Crippen LogP contribution in [-0.4, -0.2) is 16.1 Å². The molecule has 2 rings (SSSR count). The molecule has 0 radical (unpaired) electrons. The number of carboxylic acid groups (broad SMARTS) is 1. The van der Waals surface area contributed by atoms with E-state index in [9.17, 15) is 9.18 Å². The van der Waals surface area contributed by atoms with Crippen molar-refractivity contribution in [2.24, 2.45) is 0 Å². The van der Waals surface area contributed by atoms with E-state index >= 15 is 0 Å². The Morgan fingerprint density at radius 3 is 2.71 bits per heavy atom. The van der Waals surface area contributed by atoms with Gasteiger partial charge < -0.3 is 5.11 Å². The number of aryl methyl sites for hydroxylation is 1. The molecule has 1 N–H and O–H groups in total. The van der Waals surface area contributed by atoms with Crippen LogP contribution in [0.3, 0.4) is 0 Å². The summed E-state index contributed by atoms with van der Waals surface area (Å²) in [7, 11) is 0. The lowest BCUT2D eigenvalue weighted by Gasteiger charge is -2.07. The van der Waals surface area contributed by atoms with Crippen LogP contribution >= 0.6 is 0 Å². The Morgan fingerprint density at radius 2 is 2.06 bits per heavy atom. The number of carbonyl (C=O) groups is 1. The molecule has 2 aromatic rings. The third kappa shape index (κ3) is 2.30. The molecule has 0 amide bonds. The van der Waals surface area contributed by atoms with E-state index in [-0.39, 0.29) is 5.56 Å². The van der Waals surface area contributed by atoms with Gasteiger partial charge in [-0.1, -0.05) is 6.07 Å². The Morgan fingerprint density at radius 1 is 1.29 bits per heavy atom. The van der Waals surface area contributed by atoms with E-state index in [1.165, 1.54) is 24.4 Å². The first-order valence-electron chi connectivity index (χ1n) is 5.03. The van der Waals surface area contributed by atoms with E-state index in [1.807, 2.05) is 6.92 Å². The molecule has 1 aromatic heterocycles. The minimum absolute atomic E-state index is 0.176. The summed E-state index contributed by atoms with van der Waals surface area (Å²) in [5, 5.41) is 8.91. The van der Waals surface area contributed by atoms with Gasteiger partial charge in [-0.2, -0.15) is 0 Å². The number of hydrogen-bond donors (Lipinski definition) is 1. The topological polar surface area (TPSA) is 50.2 Å². The normalized spacial score (nSPS) is 10.2. The van der Waals surface area contributed by atoms with Gasteiger partial charge in [0.05, 0.1) is 11.8 Å². The number of benzene rings is 1. The molecule has 0 saturated heterocycles. The van der Waals surface area contributed by atoms with Crippen LogP contribution < -0.4 is 0 Å². The highest BCUT2D eigenvalue weighted by atomic mass is 19.1. The SMILES string of the molecule is Cc1ccc(C(=O)O)cc1-c1cncc(F)c1. The molecule has 0 aliphatic rings. The number of nitrogens with zero attached hydrogens (tertiary/aromatic N) is 1. The van der Waals surface area contributed by atoms with Gasteiger partial charge in [-0.25, -0.2) is 9.18 Å². The number of aromatic carboxylic acids is 1. The molecule has 3 nitrogen and oxygen atoms in total. The zero-order chi connectivity index (χ0) is 12.4. The lowest BCUT2D eigenvalue weighted by atomic mass is 9.99. The minimum atomic E-state index is -1.00. The second kappa shape index (κ2) is 4.33. The van der Waals surface area contributed by atoms with Crippen LogP contribution in [0.4, 0.5) is 4.39 Å². The molecule has 0 fully saturated rings. The Bertz CT molecular complexity index is 581. The van der Waals surface area contributed by atoms with Crippen LogP contribution in [0.2, 0.25) is 0 Å². The predicted molar refractivity (Wildman–Crippen MR) is 61.3 cm³/mol. The first-order chi connectivity index (χ1) is 8.08. The molecule has 0 atom stereocenters. The molecule has 0 aliphatic carbocycles. The van der Waals surface area contributed by atoms with Gasteiger partial charge in [0.25, 0.3) is 0 Å². The molecule has 86 valence electrons. The van der Waals surface area contributed by atoms with E-state index in [0.29, 0.717) is 11.1 Å². The van der Waals surface area contributed by atoms with E-state index in [1.54, 1.807) is 6.07 Å². The standard InChI is InChI=1S/C13H10FNO2/c1-8-2-3-9(13(16)17)5-12(8)10-4-11(14)7-15-6-10/h2-7H,1H3,(H,16,17). The second-order valence-electron chi connectivity index (χ2n) is 3.73. The van der Waals surface area contributed by atoms with Crippen molar-refractivity contribution in [3.63, 3.8) is 0 Å². The van der Waals surface area contributed by atoms with Gasteiger partial charge in [-0.05, 0) is 36.2 Å². The summed E-state index contributed by atoms with van der Waals surface area (Å²) in [5.41, 5.74) is 2.31. The molecule has 0 spiro atoms. The largest absolute Gasteiger partial charge is 0.478 e. The monoisotopic (exact) mass is 231 g/mol. The van der Waals surface area contributed by atoms with Crippen LogP contribution in [-0.2, 0) is 0 Å². The first kappa shape index (κ1) is 11.3. The maximum Gasteiger partial charge on any atom is 0.335 e. The zero-order valence-corrected chi connectivity index (χ0v) is 9.14. The summed E-state index contributed by atoms with van der Waals surface area (Å²) in [6.45, 7) is 1.84. The zero-order valence-electron chi connectivity index (χ0n) is 9.14. The van der Waals surface area contributed by atoms with Crippen molar-refractivity contribution in [2.45, 2.75) is 6.92 Å². The minimum Gasteiger partial charge on any atom is -0.478 e. The van der Waals surface area contributed by atoms with Gasteiger partial charge in [0.1, 0.15) is 5.82 Å². The summed E-state index contributed by atoms with van der Waals surface area (Å²) < 4.78 is 13.1. The summed E-state index contributed by atoms with van der Waals surface area (Å²) in [6.07, 6.45) is 2.62. The Hall–Kier alpha value is -2.23. The van der Waals surface area contributed by atoms with Gasteiger partial charge in [0, 0.05) is 11.8 Å². The van der Waals surface area contributed by atoms with Crippen LogP contribution in [0.5, 0.6) is 0 Å². The fourth-order valence-electron chi connectivity index (χ4n) is 1.63. The molecule has 0 bridgehead atoms. The van der Waals surface area contributed by atoms with Gasteiger partial charge in [-0.15, -0.1) is 0 Å². The van der Waals surface area contributed by atoms with Crippen molar-refractivity contribution in [1.82, 2.24) is 4.98 Å². The van der Waals surface area contributed by atoms with E-state index < -0.39 is 11.8 Å². The first-order valence-corrected chi connectivity index (χ1v) is 5.03. The van der Waals surface area contributed by atoms with Crippen LogP contribution in [0.1, 0.15) is 15.9 Å². The number of rotatable bonds is 2. The highest BCUT2D eigenvalue weighted by molar-refractivity contribution is 5.89. The summed E-state index contributed by atoms with van der Waals surface area (Å²) in [5.74, 6) is -1.45. The van der Waals surface area contributed by atoms with Gasteiger partial charge in [0.2, 0.25) is 0 Å². The van der Waals surface area contributed by atoms with Crippen molar-refractivity contribution >= 4 is 5.97 Å². The quantitative estimate of drug-likeness (QED) is 0.864. The molecule has 1 heterocycles. The third-order valence-electron chi connectivity index (χ3n) is 2.50. The van der Waals surface area contributed by atoms with E-state index in [4.69, 9.17) is 5.11 Å². The van der Waals surface area contributed by atoms with Crippen LogP contribution in [0, 0.1) is 12.7 Å². The highest BCUT2D eigenvalue weighted by Crippen LogP contribution is 2.24. The average Bonchev–Trinajstić information content (AvgIpc) is 2.29. The van der Waals surface area contributed by atoms with Gasteiger partial charge in [0.15, 0.2) is 0 Å². The van der Waals surface area contributed by atoms with Crippen molar-refractivity contribution < 1.29 is 14.3 Å². The molecule has 4 heteroatoms. The van der Waals surface area contributed by atoms with E-state index in [2.05, 4.69) is 4.98 Å². The number of pyridine rings is 1. The Kier molecular flexibility index (Phi) is 2.87. The van der Waals surface area contributed by atoms with Gasteiger partial charge in [-0.3, -0.25) is 4.98 Å². The predicted octanol–water partition coefficient (Wildman–Crippen LogP) is 2.89. The van der Waals surface area contributed by atoms with Crippen molar-refractivity contribution in [1.29, 1.82) is 0 Å². The highest BCUT2D eigenvalue weighted by Gasteiger charge is 2.08. The molecular formula is C13H10FNO2. The van der Waals surface area contributed by atoms with Gasteiger partial charge >= 0.3 is 5.97 Å². The molecule has 1 aromatic carbocycles.